The van der Waals surface area contributed by atoms with Crippen molar-refractivity contribution in [2.45, 2.75) is 76.4 Å². The number of aliphatic carboxylic acids is 1. The van der Waals surface area contributed by atoms with Crippen LogP contribution in [0.4, 0.5) is 0 Å². The molecular weight excluding hydrogens is 256 g/mol. The molecule has 20 heavy (non-hydrogen) atoms. The molecule has 4 unspecified atom stereocenters. The fourth-order valence-corrected chi connectivity index (χ4v) is 3.51. The van der Waals surface area contributed by atoms with E-state index >= 15 is 0 Å². The second-order valence-electron chi connectivity index (χ2n) is 6.16. The average molecular weight is 282 g/mol. The molecule has 4 atom stereocenters. The quantitative estimate of drug-likeness (QED) is 0.716. The van der Waals surface area contributed by atoms with Gasteiger partial charge in [0.25, 0.3) is 0 Å². The summed E-state index contributed by atoms with van der Waals surface area (Å²) in [6.07, 6.45) is 7.65. The summed E-state index contributed by atoms with van der Waals surface area (Å²) in [5.74, 6) is -0.156. The van der Waals surface area contributed by atoms with E-state index in [2.05, 4.69) is 10.6 Å². The molecule has 5 nitrogen and oxygen atoms in total. The third-order valence-electron chi connectivity index (χ3n) is 4.73. The minimum Gasteiger partial charge on any atom is -0.481 e. The molecule has 114 valence electrons. The minimum absolute atomic E-state index is 0.00101. The Hall–Kier alpha value is -1.10. The van der Waals surface area contributed by atoms with Crippen molar-refractivity contribution in [2.24, 2.45) is 5.92 Å². The van der Waals surface area contributed by atoms with Gasteiger partial charge in [0.1, 0.15) is 0 Å². The number of hydrogen-bond acceptors (Lipinski definition) is 3. The van der Waals surface area contributed by atoms with Gasteiger partial charge in [0, 0.05) is 12.1 Å². The summed E-state index contributed by atoms with van der Waals surface area (Å²) in [6, 6.07) is 0.0795. The zero-order chi connectivity index (χ0) is 14.5. The van der Waals surface area contributed by atoms with E-state index < -0.39 is 5.97 Å². The maximum Gasteiger partial charge on any atom is 0.305 e. The van der Waals surface area contributed by atoms with Gasteiger partial charge >= 0.3 is 5.97 Å². The van der Waals surface area contributed by atoms with Crippen LogP contribution in [0.25, 0.3) is 0 Å². The Morgan fingerprint density at radius 3 is 2.70 bits per heavy atom. The highest BCUT2D eigenvalue weighted by molar-refractivity contribution is 5.82. The Labute approximate surface area is 120 Å². The maximum atomic E-state index is 12.3. The predicted molar refractivity (Wildman–Crippen MR) is 76.4 cm³/mol. The van der Waals surface area contributed by atoms with Crippen LogP contribution < -0.4 is 10.6 Å². The topological polar surface area (TPSA) is 78.4 Å². The second kappa shape index (κ2) is 7.07. The fourth-order valence-electron chi connectivity index (χ4n) is 3.51. The normalized spacial score (nSPS) is 31.1. The highest BCUT2D eigenvalue weighted by Gasteiger charge is 2.34. The molecule has 1 saturated carbocycles. The van der Waals surface area contributed by atoms with E-state index in [0.29, 0.717) is 12.5 Å². The lowest BCUT2D eigenvalue weighted by atomic mass is 9.77. The second-order valence-corrected chi connectivity index (χ2v) is 6.16. The van der Waals surface area contributed by atoms with Gasteiger partial charge < -0.3 is 15.7 Å². The van der Waals surface area contributed by atoms with Crippen LogP contribution in [0, 0.1) is 5.92 Å². The van der Waals surface area contributed by atoms with E-state index in [4.69, 9.17) is 5.11 Å². The molecule has 1 heterocycles. The first-order valence-electron chi connectivity index (χ1n) is 7.88. The molecule has 1 amide bonds. The van der Waals surface area contributed by atoms with E-state index in [1.807, 2.05) is 6.92 Å². The molecule has 5 heteroatoms. The molecule has 2 aliphatic rings. The lowest BCUT2D eigenvalue weighted by Gasteiger charge is -2.40. The van der Waals surface area contributed by atoms with Crippen molar-refractivity contribution in [1.82, 2.24) is 10.6 Å². The van der Waals surface area contributed by atoms with E-state index in [0.717, 1.165) is 18.8 Å². The molecule has 0 bridgehead atoms. The van der Waals surface area contributed by atoms with Crippen LogP contribution in [0.3, 0.4) is 0 Å². The van der Waals surface area contributed by atoms with Gasteiger partial charge in [0.05, 0.1) is 12.5 Å². The van der Waals surface area contributed by atoms with Crippen molar-refractivity contribution in [3.05, 3.63) is 0 Å². The first kappa shape index (κ1) is 15.3. The van der Waals surface area contributed by atoms with Crippen molar-refractivity contribution in [1.29, 1.82) is 0 Å². The maximum absolute atomic E-state index is 12.3. The van der Waals surface area contributed by atoms with E-state index in [1.165, 1.54) is 25.7 Å². The first-order chi connectivity index (χ1) is 9.60. The van der Waals surface area contributed by atoms with Gasteiger partial charge in [-0.3, -0.25) is 9.59 Å². The molecule has 0 aromatic heterocycles. The third kappa shape index (κ3) is 3.95. The molecule has 2 fully saturated rings. The number of nitrogens with one attached hydrogen (secondary N) is 2. The SMILES string of the molecule is CCC(CC(=O)O)NC(=O)C1CCC2CCCCC2N1. The van der Waals surface area contributed by atoms with Gasteiger partial charge in [-0.1, -0.05) is 19.8 Å². The van der Waals surface area contributed by atoms with Crippen molar-refractivity contribution in [2.75, 3.05) is 0 Å². The number of carbonyl (C=O) groups is 2. The summed E-state index contributed by atoms with van der Waals surface area (Å²) in [5.41, 5.74) is 0. The number of carbonyl (C=O) groups excluding carboxylic acids is 1. The van der Waals surface area contributed by atoms with Gasteiger partial charge in [0.15, 0.2) is 0 Å². The van der Waals surface area contributed by atoms with Crippen molar-refractivity contribution in [3.8, 4) is 0 Å². The highest BCUT2D eigenvalue weighted by Crippen LogP contribution is 2.32. The van der Waals surface area contributed by atoms with E-state index in [-0.39, 0.29) is 24.4 Å². The number of carboxylic acids is 1. The molecule has 1 aliphatic heterocycles. The van der Waals surface area contributed by atoms with Gasteiger partial charge in [-0.15, -0.1) is 0 Å². The number of piperidine rings is 1. The molecule has 1 aliphatic carbocycles. The minimum atomic E-state index is -0.860. The number of carboxylic acid groups (broad SMARTS) is 1. The predicted octanol–water partition coefficient (Wildman–Crippen LogP) is 1.67. The lowest BCUT2D eigenvalue weighted by molar-refractivity contribution is -0.137. The molecule has 0 aromatic rings. The summed E-state index contributed by atoms with van der Waals surface area (Å²) in [6.45, 7) is 1.90. The molecular formula is C15H26N2O3. The Bertz CT molecular complexity index is 359. The Balaban J connectivity index is 1.84. The van der Waals surface area contributed by atoms with Crippen LogP contribution in [0.15, 0.2) is 0 Å². The smallest absolute Gasteiger partial charge is 0.305 e. The van der Waals surface area contributed by atoms with Crippen LogP contribution in [-0.2, 0) is 9.59 Å². The summed E-state index contributed by atoms with van der Waals surface area (Å²) >= 11 is 0. The van der Waals surface area contributed by atoms with Crippen LogP contribution in [0.5, 0.6) is 0 Å². The third-order valence-corrected chi connectivity index (χ3v) is 4.73. The lowest BCUT2D eigenvalue weighted by Crippen LogP contribution is -2.56. The van der Waals surface area contributed by atoms with E-state index in [9.17, 15) is 9.59 Å². The number of hydrogen-bond donors (Lipinski definition) is 3. The number of rotatable bonds is 5. The highest BCUT2D eigenvalue weighted by atomic mass is 16.4. The van der Waals surface area contributed by atoms with Gasteiger partial charge in [-0.25, -0.2) is 0 Å². The van der Waals surface area contributed by atoms with Gasteiger partial charge in [-0.2, -0.15) is 0 Å². The molecule has 0 aromatic carbocycles. The van der Waals surface area contributed by atoms with Gasteiger partial charge in [0.2, 0.25) is 5.91 Å². The van der Waals surface area contributed by atoms with Crippen LogP contribution in [0.2, 0.25) is 0 Å². The zero-order valence-electron chi connectivity index (χ0n) is 12.2. The molecule has 3 N–H and O–H groups in total. The standard InChI is InChI=1S/C15H26N2O3/c1-2-11(9-14(18)19)16-15(20)13-8-7-10-5-3-4-6-12(10)17-13/h10-13,17H,2-9H2,1H3,(H,16,20)(H,18,19). The summed E-state index contributed by atoms with van der Waals surface area (Å²) in [4.78, 5) is 23.0. The van der Waals surface area contributed by atoms with Crippen molar-refractivity contribution in [3.63, 3.8) is 0 Å². The van der Waals surface area contributed by atoms with E-state index in [1.54, 1.807) is 0 Å². The number of amides is 1. The Morgan fingerprint density at radius 2 is 2.00 bits per heavy atom. The Kier molecular flexibility index (Phi) is 5.40. The van der Waals surface area contributed by atoms with Gasteiger partial charge in [-0.05, 0) is 38.0 Å². The molecule has 2 rings (SSSR count). The molecule has 0 spiro atoms. The molecule has 0 radical (unpaired) electrons. The summed E-state index contributed by atoms with van der Waals surface area (Å²) < 4.78 is 0. The summed E-state index contributed by atoms with van der Waals surface area (Å²) in [7, 11) is 0. The van der Waals surface area contributed by atoms with Crippen LogP contribution in [0.1, 0.15) is 58.3 Å². The summed E-state index contributed by atoms with van der Waals surface area (Å²) in [5, 5.41) is 15.2. The first-order valence-corrected chi connectivity index (χ1v) is 7.88. The average Bonchev–Trinajstić information content (AvgIpc) is 2.45. The zero-order valence-corrected chi connectivity index (χ0v) is 12.2. The van der Waals surface area contributed by atoms with Crippen LogP contribution >= 0.6 is 0 Å². The van der Waals surface area contributed by atoms with Crippen molar-refractivity contribution < 1.29 is 14.7 Å². The Morgan fingerprint density at radius 1 is 1.25 bits per heavy atom. The fraction of sp³-hybridized carbons (Fsp3) is 0.867. The monoisotopic (exact) mass is 282 g/mol. The molecule has 1 saturated heterocycles. The van der Waals surface area contributed by atoms with Crippen LogP contribution in [-0.4, -0.2) is 35.1 Å². The van der Waals surface area contributed by atoms with Crippen molar-refractivity contribution >= 4 is 11.9 Å². The largest absolute Gasteiger partial charge is 0.481 e. The number of fused-ring (bicyclic) bond motifs is 1.